The smallest absolute Gasteiger partial charge is 0.270 e. The minimum Gasteiger partial charge on any atom is -0.347 e. The minimum atomic E-state index is -0.131. The Morgan fingerprint density at radius 2 is 2.05 bits per heavy atom. The molecule has 1 N–H and O–H groups in total. The molecule has 0 bridgehead atoms. The third kappa shape index (κ3) is 1.87. The topological polar surface area (TPSA) is 72.0 Å². The van der Waals surface area contributed by atoms with Crippen molar-refractivity contribution in [2.24, 2.45) is 0 Å². The molecule has 0 atom stereocenters. The van der Waals surface area contributed by atoms with Gasteiger partial charge in [0.15, 0.2) is 6.29 Å². The van der Waals surface area contributed by atoms with Crippen molar-refractivity contribution in [3.05, 3.63) is 59.5 Å². The highest BCUT2D eigenvalue weighted by Crippen LogP contribution is 2.29. The first kappa shape index (κ1) is 12.6. The fourth-order valence-corrected chi connectivity index (χ4v) is 2.73. The summed E-state index contributed by atoms with van der Waals surface area (Å²) in [5, 5.41) is 3.66. The van der Waals surface area contributed by atoms with Crippen molar-refractivity contribution in [1.82, 2.24) is 15.3 Å². The molecule has 0 spiro atoms. The third-order valence-corrected chi connectivity index (χ3v) is 3.80. The molecule has 1 amide bonds. The van der Waals surface area contributed by atoms with E-state index in [2.05, 4.69) is 15.3 Å². The molecule has 1 aliphatic heterocycles. The molecule has 2 aromatic heterocycles. The van der Waals surface area contributed by atoms with Crippen LogP contribution in [0.1, 0.15) is 26.4 Å². The van der Waals surface area contributed by atoms with Crippen molar-refractivity contribution in [3.8, 4) is 11.1 Å². The molecular weight excluding hydrogens is 278 g/mol. The Kier molecular flexibility index (Phi) is 2.72. The number of carbonyl (C=O) groups is 2. The zero-order chi connectivity index (χ0) is 15.1. The molecule has 1 aromatic carbocycles. The molecule has 0 radical (unpaired) electrons. The van der Waals surface area contributed by atoms with Gasteiger partial charge in [-0.15, -0.1) is 0 Å². The summed E-state index contributed by atoms with van der Waals surface area (Å²) in [5.74, 6) is -0.131. The van der Waals surface area contributed by atoms with Gasteiger partial charge in [0.1, 0.15) is 5.69 Å². The Labute approximate surface area is 126 Å². The van der Waals surface area contributed by atoms with E-state index in [9.17, 15) is 9.59 Å². The SMILES string of the molecule is O=Cc1cnc2c(-c3cnc4c(c3)CNC4=O)cccc2c1. The highest BCUT2D eigenvalue weighted by atomic mass is 16.2. The Morgan fingerprint density at radius 3 is 2.91 bits per heavy atom. The fourth-order valence-electron chi connectivity index (χ4n) is 2.73. The quantitative estimate of drug-likeness (QED) is 0.735. The van der Waals surface area contributed by atoms with Gasteiger partial charge in [0, 0.05) is 46.6 Å². The summed E-state index contributed by atoms with van der Waals surface area (Å²) in [5.41, 5.74) is 4.58. The van der Waals surface area contributed by atoms with Crippen molar-refractivity contribution in [1.29, 1.82) is 0 Å². The predicted molar refractivity (Wildman–Crippen MR) is 81.5 cm³/mol. The van der Waals surface area contributed by atoms with Crippen LogP contribution in [0.4, 0.5) is 0 Å². The molecule has 0 saturated heterocycles. The monoisotopic (exact) mass is 289 g/mol. The Morgan fingerprint density at radius 1 is 1.14 bits per heavy atom. The first-order chi connectivity index (χ1) is 10.8. The number of fused-ring (bicyclic) bond motifs is 2. The van der Waals surface area contributed by atoms with Crippen LogP contribution in [0.5, 0.6) is 0 Å². The molecule has 0 unspecified atom stereocenters. The third-order valence-electron chi connectivity index (χ3n) is 3.80. The van der Waals surface area contributed by atoms with Gasteiger partial charge in [-0.3, -0.25) is 19.6 Å². The van der Waals surface area contributed by atoms with E-state index in [1.807, 2.05) is 30.3 Å². The van der Waals surface area contributed by atoms with Crippen LogP contribution < -0.4 is 5.32 Å². The highest BCUT2D eigenvalue weighted by molar-refractivity contribution is 5.98. The van der Waals surface area contributed by atoms with E-state index >= 15 is 0 Å². The summed E-state index contributed by atoms with van der Waals surface area (Å²) in [7, 11) is 0. The summed E-state index contributed by atoms with van der Waals surface area (Å²) in [6.07, 6.45) is 4.03. The van der Waals surface area contributed by atoms with Crippen molar-refractivity contribution in [3.63, 3.8) is 0 Å². The molecule has 4 rings (SSSR count). The van der Waals surface area contributed by atoms with Gasteiger partial charge in [0.25, 0.3) is 5.91 Å². The van der Waals surface area contributed by atoms with Gasteiger partial charge in [0.05, 0.1) is 5.52 Å². The fraction of sp³-hybridized carbons (Fsp3) is 0.0588. The van der Waals surface area contributed by atoms with Crippen LogP contribution in [0.3, 0.4) is 0 Å². The van der Waals surface area contributed by atoms with E-state index in [1.54, 1.807) is 12.4 Å². The zero-order valence-electron chi connectivity index (χ0n) is 11.5. The van der Waals surface area contributed by atoms with Gasteiger partial charge in [-0.1, -0.05) is 18.2 Å². The van der Waals surface area contributed by atoms with Crippen LogP contribution in [0, 0.1) is 0 Å². The maximum atomic E-state index is 11.6. The number of pyridine rings is 2. The van der Waals surface area contributed by atoms with Crippen molar-refractivity contribution in [2.45, 2.75) is 6.54 Å². The number of amides is 1. The molecule has 5 heteroatoms. The highest BCUT2D eigenvalue weighted by Gasteiger charge is 2.21. The molecule has 1 aliphatic rings. The molecule has 0 saturated carbocycles. The lowest BCUT2D eigenvalue weighted by atomic mass is 10.0. The van der Waals surface area contributed by atoms with Crippen molar-refractivity contribution < 1.29 is 9.59 Å². The number of aromatic nitrogens is 2. The van der Waals surface area contributed by atoms with Gasteiger partial charge in [-0.05, 0) is 12.1 Å². The standard InChI is InChI=1S/C17H11N3O2/c21-9-10-4-11-2-1-3-14(15(11)18-6-10)12-5-13-8-20-17(22)16(13)19-7-12/h1-7,9H,8H2,(H,20,22). The van der Waals surface area contributed by atoms with Gasteiger partial charge in [-0.25, -0.2) is 0 Å². The lowest BCUT2D eigenvalue weighted by molar-refractivity contribution is 0.0961. The second-order valence-electron chi connectivity index (χ2n) is 5.18. The average molecular weight is 289 g/mol. The molecule has 3 aromatic rings. The summed E-state index contributed by atoms with van der Waals surface area (Å²) in [4.78, 5) is 31.1. The molecule has 0 fully saturated rings. The van der Waals surface area contributed by atoms with Crippen LogP contribution in [-0.4, -0.2) is 22.2 Å². The zero-order valence-corrected chi connectivity index (χ0v) is 11.5. The maximum absolute atomic E-state index is 11.6. The summed E-state index contributed by atoms with van der Waals surface area (Å²) < 4.78 is 0. The number of nitrogens with zero attached hydrogens (tertiary/aromatic N) is 2. The van der Waals surface area contributed by atoms with Gasteiger partial charge in [-0.2, -0.15) is 0 Å². The number of benzene rings is 1. The van der Waals surface area contributed by atoms with Gasteiger partial charge < -0.3 is 5.32 Å². The first-order valence-corrected chi connectivity index (χ1v) is 6.88. The molecule has 5 nitrogen and oxygen atoms in total. The normalized spacial score (nSPS) is 13.0. The van der Waals surface area contributed by atoms with Crippen LogP contribution in [0.25, 0.3) is 22.0 Å². The summed E-state index contributed by atoms with van der Waals surface area (Å²) in [6, 6.07) is 9.58. The number of carbonyl (C=O) groups excluding carboxylic acids is 2. The van der Waals surface area contributed by atoms with Gasteiger partial charge in [0.2, 0.25) is 0 Å². The van der Waals surface area contributed by atoms with E-state index in [-0.39, 0.29) is 5.91 Å². The second kappa shape index (κ2) is 4.73. The van der Waals surface area contributed by atoms with Crippen LogP contribution in [0.2, 0.25) is 0 Å². The average Bonchev–Trinajstić information content (AvgIpc) is 2.94. The second-order valence-corrected chi connectivity index (χ2v) is 5.18. The molecule has 3 heterocycles. The lowest BCUT2D eigenvalue weighted by Gasteiger charge is -2.07. The number of hydrogen-bond acceptors (Lipinski definition) is 4. The Hall–Kier alpha value is -3.08. The van der Waals surface area contributed by atoms with Crippen molar-refractivity contribution in [2.75, 3.05) is 0 Å². The van der Waals surface area contributed by atoms with E-state index in [4.69, 9.17) is 0 Å². The first-order valence-electron chi connectivity index (χ1n) is 6.88. The molecule has 0 aliphatic carbocycles. The number of hydrogen-bond donors (Lipinski definition) is 1. The van der Waals surface area contributed by atoms with Crippen LogP contribution in [-0.2, 0) is 6.54 Å². The van der Waals surface area contributed by atoms with E-state index < -0.39 is 0 Å². The van der Waals surface area contributed by atoms with Gasteiger partial charge >= 0.3 is 0 Å². The number of nitrogens with one attached hydrogen (secondary N) is 1. The Bertz CT molecular complexity index is 934. The largest absolute Gasteiger partial charge is 0.347 e. The van der Waals surface area contributed by atoms with E-state index in [0.29, 0.717) is 17.8 Å². The van der Waals surface area contributed by atoms with Crippen LogP contribution >= 0.6 is 0 Å². The van der Waals surface area contributed by atoms with Crippen LogP contribution in [0.15, 0.2) is 42.7 Å². The van der Waals surface area contributed by atoms with E-state index in [1.165, 1.54) is 0 Å². The number of rotatable bonds is 2. The van der Waals surface area contributed by atoms with E-state index in [0.717, 1.165) is 33.9 Å². The molecule has 106 valence electrons. The maximum Gasteiger partial charge on any atom is 0.270 e. The Balaban J connectivity index is 1.91. The lowest BCUT2D eigenvalue weighted by Crippen LogP contribution is -2.13. The summed E-state index contributed by atoms with van der Waals surface area (Å²) in [6.45, 7) is 0.502. The molecular formula is C17H11N3O2. The summed E-state index contributed by atoms with van der Waals surface area (Å²) >= 11 is 0. The molecule has 22 heavy (non-hydrogen) atoms. The number of para-hydroxylation sites is 1. The number of aldehydes is 1. The predicted octanol–water partition coefficient (Wildman–Crippen LogP) is 2.35. The van der Waals surface area contributed by atoms with Crippen molar-refractivity contribution >= 4 is 23.1 Å². The minimum absolute atomic E-state index is 0.131.